The number of carbonyl (C=O) groups excluding carboxylic acids is 2. The maximum atomic E-state index is 11.9. The Labute approximate surface area is 129 Å². The number of benzene rings is 2. The van der Waals surface area contributed by atoms with Crippen molar-refractivity contribution in [2.75, 3.05) is 23.7 Å². The van der Waals surface area contributed by atoms with E-state index in [1.165, 1.54) is 0 Å². The highest BCUT2D eigenvalue weighted by molar-refractivity contribution is 5.98. The van der Waals surface area contributed by atoms with Gasteiger partial charge in [-0.1, -0.05) is 24.3 Å². The fourth-order valence-electron chi connectivity index (χ4n) is 1.94. The van der Waals surface area contributed by atoms with E-state index in [1.807, 2.05) is 37.3 Å². The van der Waals surface area contributed by atoms with E-state index in [2.05, 4.69) is 16.0 Å². The van der Waals surface area contributed by atoms with Crippen molar-refractivity contribution in [3.8, 4) is 0 Å². The zero-order valence-corrected chi connectivity index (χ0v) is 12.4. The third-order valence-corrected chi connectivity index (χ3v) is 2.97. The fourth-order valence-corrected chi connectivity index (χ4v) is 1.94. The maximum Gasteiger partial charge on any atom is 0.251 e. The van der Waals surface area contributed by atoms with Crippen molar-refractivity contribution in [1.82, 2.24) is 5.32 Å². The topological polar surface area (TPSA) is 70.2 Å². The molecule has 0 saturated carbocycles. The standard InChI is InChI=1S/C17H19N3O2/c1-2-18-17(22)13-7-6-10-15(11-13)20-16(21)12-19-14-8-4-3-5-9-14/h3-11,19H,2,12H2,1H3,(H,18,22)(H,20,21). The second-order valence-electron chi connectivity index (χ2n) is 4.71. The van der Waals surface area contributed by atoms with Crippen molar-refractivity contribution in [3.63, 3.8) is 0 Å². The minimum atomic E-state index is -0.170. The van der Waals surface area contributed by atoms with Crippen LogP contribution in [0.5, 0.6) is 0 Å². The van der Waals surface area contributed by atoms with Crippen molar-refractivity contribution in [2.24, 2.45) is 0 Å². The van der Waals surface area contributed by atoms with Crippen LogP contribution in [0.2, 0.25) is 0 Å². The third-order valence-electron chi connectivity index (χ3n) is 2.97. The lowest BCUT2D eigenvalue weighted by molar-refractivity contribution is -0.114. The molecule has 0 aliphatic heterocycles. The first kappa shape index (κ1) is 15.6. The van der Waals surface area contributed by atoms with E-state index in [0.717, 1.165) is 5.69 Å². The molecule has 5 heteroatoms. The number of anilines is 2. The molecule has 0 saturated heterocycles. The molecule has 114 valence electrons. The molecule has 0 aromatic heterocycles. The number of nitrogens with one attached hydrogen (secondary N) is 3. The summed E-state index contributed by atoms with van der Waals surface area (Å²) in [6.45, 7) is 2.59. The molecular weight excluding hydrogens is 278 g/mol. The summed E-state index contributed by atoms with van der Waals surface area (Å²) < 4.78 is 0. The van der Waals surface area contributed by atoms with Gasteiger partial charge in [0.2, 0.25) is 5.91 Å². The van der Waals surface area contributed by atoms with Crippen molar-refractivity contribution in [3.05, 3.63) is 60.2 Å². The van der Waals surface area contributed by atoms with Crippen LogP contribution in [0.25, 0.3) is 0 Å². The van der Waals surface area contributed by atoms with Gasteiger partial charge in [-0.2, -0.15) is 0 Å². The molecule has 0 heterocycles. The molecule has 0 radical (unpaired) electrons. The summed E-state index contributed by atoms with van der Waals surface area (Å²) in [5, 5.41) is 8.52. The van der Waals surface area contributed by atoms with Crippen LogP contribution in [-0.4, -0.2) is 24.9 Å². The van der Waals surface area contributed by atoms with Gasteiger partial charge in [0.25, 0.3) is 5.91 Å². The molecule has 2 rings (SSSR count). The van der Waals surface area contributed by atoms with Crippen LogP contribution in [-0.2, 0) is 4.79 Å². The monoisotopic (exact) mass is 297 g/mol. The van der Waals surface area contributed by atoms with E-state index >= 15 is 0 Å². The van der Waals surface area contributed by atoms with Crippen molar-refractivity contribution < 1.29 is 9.59 Å². The Morgan fingerprint density at radius 2 is 1.68 bits per heavy atom. The Morgan fingerprint density at radius 1 is 0.955 bits per heavy atom. The van der Waals surface area contributed by atoms with E-state index in [9.17, 15) is 9.59 Å². The van der Waals surface area contributed by atoms with Crippen LogP contribution in [0.4, 0.5) is 11.4 Å². The number of hydrogen-bond donors (Lipinski definition) is 3. The zero-order valence-electron chi connectivity index (χ0n) is 12.4. The molecule has 2 aromatic rings. The summed E-state index contributed by atoms with van der Waals surface area (Å²) >= 11 is 0. The summed E-state index contributed by atoms with van der Waals surface area (Å²) in [4.78, 5) is 23.7. The highest BCUT2D eigenvalue weighted by Crippen LogP contribution is 2.11. The van der Waals surface area contributed by atoms with Crippen molar-refractivity contribution in [2.45, 2.75) is 6.92 Å². The Balaban J connectivity index is 1.91. The molecule has 3 N–H and O–H groups in total. The zero-order chi connectivity index (χ0) is 15.8. The van der Waals surface area contributed by atoms with Crippen LogP contribution in [0, 0.1) is 0 Å². The average molecular weight is 297 g/mol. The summed E-state index contributed by atoms with van der Waals surface area (Å²) in [6, 6.07) is 16.4. The minimum absolute atomic E-state index is 0.152. The summed E-state index contributed by atoms with van der Waals surface area (Å²) in [7, 11) is 0. The van der Waals surface area contributed by atoms with Gasteiger partial charge < -0.3 is 16.0 Å². The van der Waals surface area contributed by atoms with E-state index in [0.29, 0.717) is 17.8 Å². The smallest absolute Gasteiger partial charge is 0.251 e. The second kappa shape index (κ2) is 7.83. The van der Waals surface area contributed by atoms with Gasteiger partial charge in [0.1, 0.15) is 0 Å². The SMILES string of the molecule is CCNC(=O)c1cccc(NC(=O)CNc2ccccc2)c1. The summed E-state index contributed by atoms with van der Waals surface area (Å²) in [5.74, 6) is -0.321. The summed E-state index contributed by atoms with van der Waals surface area (Å²) in [6.07, 6.45) is 0. The predicted molar refractivity (Wildman–Crippen MR) is 88.0 cm³/mol. The largest absolute Gasteiger partial charge is 0.376 e. The molecule has 0 atom stereocenters. The van der Waals surface area contributed by atoms with Crippen LogP contribution >= 0.6 is 0 Å². The molecule has 0 unspecified atom stereocenters. The molecule has 0 fully saturated rings. The van der Waals surface area contributed by atoms with Gasteiger partial charge in [0.05, 0.1) is 6.54 Å². The molecular formula is C17H19N3O2. The number of rotatable bonds is 6. The number of amides is 2. The molecule has 0 bridgehead atoms. The van der Waals surface area contributed by atoms with E-state index < -0.39 is 0 Å². The molecule has 2 aromatic carbocycles. The Hall–Kier alpha value is -2.82. The van der Waals surface area contributed by atoms with Crippen LogP contribution in [0.3, 0.4) is 0 Å². The van der Waals surface area contributed by atoms with E-state index in [4.69, 9.17) is 0 Å². The lowest BCUT2D eigenvalue weighted by atomic mass is 10.2. The quantitative estimate of drug-likeness (QED) is 0.767. The van der Waals surface area contributed by atoms with Gasteiger partial charge >= 0.3 is 0 Å². The Morgan fingerprint density at radius 3 is 2.41 bits per heavy atom. The van der Waals surface area contributed by atoms with E-state index in [-0.39, 0.29) is 18.4 Å². The first-order valence-corrected chi connectivity index (χ1v) is 7.16. The van der Waals surface area contributed by atoms with Gasteiger partial charge in [0, 0.05) is 23.5 Å². The fraction of sp³-hybridized carbons (Fsp3) is 0.176. The first-order chi connectivity index (χ1) is 10.7. The molecule has 2 amide bonds. The molecule has 0 aliphatic rings. The molecule has 0 aliphatic carbocycles. The van der Waals surface area contributed by atoms with Crippen molar-refractivity contribution in [1.29, 1.82) is 0 Å². The lowest BCUT2D eigenvalue weighted by Crippen LogP contribution is -2.24. The average Bonchev–Trinajstić information content (AvgIpc) is 2.54. The summed E-state index contributed by atoms with van der Waals surface area (Å²) in [5.41, 5.74) is 2.01. The molecule has 5 nitrogen and oxygen atoms in total. The van der Waals surface area contributed by atoms with Crippen molar-refractivity contribution >= 4 is 23.2 Å². The predicted octanol–water partition coefficient (Wildman–Crippen LogP) is 2.49. The van der Waals surface area contributed by atoms with Gasteiger partial charge in [-0.25, -0.2) is 0 Å². The maximum absolute atomic E-state index is 11.9. The number of para-hydroxylation sites is 1. The number of hydrogen-bond acceptors (Lipinski definition) is 3. The second-order valence-corrected chi connectivity index (χ2v) is 4.71. The minimum Gasteiger partial charge on any atom is -0.376 e. The van der Waals surface area contributed by atoms with Gasteiger partial charge in [-0.15, -0.1) is 0 Å². The Bertz CT molecular complexity index is 641. The van der Waals surface area contributed by atoms with Crippen LogP contribution in [0.1, 0.15) is 17.3 Å². The highest BCUT2D eigenvalue weighted by Gasteiger charge is 2.07. The molecule has 0 spiro atoms. The number of carbonyl (C=O) groups is 2. The Kier molecular flexibility index (Phi) is 5.54. The first-order valence-electron chi connectivity index (χ1n) is 7.16. The van der Waals surface area contributed by atoms with Gasteiger partial charge in [-0.3, -0.25) is 9.59 Å². The van der Waals surface area contributed by atoms with Gasteiger partial charge in [0.15, 0.2) is 0 Å². The normalized spacial score (nSPS) is 9.86. The third kappa shape index (κ3) is 4.63. The molecule has 22 heavy (non-hydrogen) atoms. The van der Waals surface area contributed by atoms with Crippen LogP contribution in [0.15, 0.2) is 54.6 Å². The van der Waals surface area contributed by atoms with E-state index in [1.54, 1.807) is 24.3 Å². The lowest BCUT2D eigenvalue weighted by Gasteiger charge is -2.09. The highest BCUT2D eigenvalue weighted by atomic mass is 16.2. The van der Waals surface area contributed by atoms with Gasteiger partial charge in [-0.05, 0) is 37.3 Å². The van der Waals surface area contributed by atoms with Crippen LogP contribution < -0.4 is 16.0 Å².